The van der Waals surface area contributed by atoms with Crippen LogP contribution in [0.15, 0.2) is 4.99 Å². The van der Waals surface area contributed by atoms with E-state index in [4.69, 9.17) is 10.8 Å². The van der Waals surface area contributed by atoms with Crippen LogP contribution in [0, 0.1) is 5.41 Å². The van der Waals surface area contributed by atoms with Gasteiger partial charge in [-0.3, -0.25) is 4.99 Å². The number of aliphatic hydroxyl groups is 1. The summed E-state index contributed by atoms with van der Waals surface area (Å²) in [5, 5.41) is 11.7. The summed E-state index contributed by atoms with van der Waals surface area (Å²) in [4.78, 5) is 3.81. The molecule has 0 saturated heterocycles. The summed E-state index contributed by atoms with van der Waals surface area (Å²) in [5.41, 5.74) is 5.65. The number of rotatable bonds is 5. The molecule has 13 heavy (non-hydrogen) atoms. The van der Waals surface area contributed by atoms with E-state index >= 15 is 0 Å². The molecular formula is C9H21N3O. The quantitative estimate of drug-likeness (QED) is 0.429. The summed E-state index contributed by atoms with van der Waals surface area (Å²) in [6, 6.07) is 0. The molecule has 0 aromatic carbocycles. The fourth-order valence-electron chi connectivity index (χ4n) is 1.05. The highest BCUT2D eigenvalue weighted by Crippen LogP contribution is 2.20. The maximum Gasteiger partial charge on any atom is 0.188 e. The van der Waals surface area contributed by atoms with Crippen molar-refractivity contribution >= 4 is 5.96 Å². The van der Waals surface area contributed by atoms with Crippen molar-refractivity contribution in [3.8, 4) is 0 Å². The molecule has 0 heterocycles. The number of nitrogens with zero attached hydrogens (tertiary/aromatic N) is 1. The summed E-state index contributed by atoms with van der Waals surface area (Å²) < 4.78 is 0. The van der Waals surface area contributed by atoms with Gasteiger partial charge in [0.25, 0.3) is 0 Å². The molecule has 0 spiro atoms. The van der Waals surface area contributed by atoms with Gasteiger partial charge in [0, 0.05) is 20.2 Å². The third kappa shape index (κ3) is 6.40. The molecule has 0 rings (SSSR count). The minimum absolute atomic E-state index is 0.151. The third-order valence-corrected chi connectivity index (χ3v) is 2.00. The highest BCUT2D eigenvalue weighted by Gasteiger charge is 2.16. The fourth-order valence-corrected chi connectivity index (χ4v) is 1.05. The first kappa shape index (κ1) is 12.2. The van der Waals surface area contributed by atoms with Crippen molar-refractivity contribution in [2.75, 3.05) is 20.2 Å². The third-order valence-electron chi connectivity index (χ3n) is 2.00. The van der Waals surface area contributed by atoms with Crippen LogP contribution >= 0.6 is 0 Å². The van der Waals surface area contributed by atoms with Crippen LogP contribution in [0.4, 0.5) is 0 Å². The van der Waals surface area contributed by atoms with Gasteiger partial charge in [-0.05, 0) is 18.3 Å². The van der Waals surface area contributed by atoms with Gasteiger partial charge in [-0.2, -0.15) is 0 Å². The molecule has 4 nitrogen and oxygen atoms in total. The molecule has 4 heteroatoms. The van der Waals surface area contributed by atoms with Crippen molar-refractivity contribution in [2.24, 2.45) is 16.1 Å². The Morgan fingerprint density at radius 3 is 2.62 bits per heavy atom. The molecular weight excluding hydrogens is 166 g/mol. The largest absolute Gasteiger partial charge is 0.396 e. The van der Waals surface area contributed by atoms with Gasteiger partial charge in [-0.1, -0.05) is 13.8 Å². The Labute approximate surface area is 80.2 Å². The number of guanidine groups is 1. The smallest absolute Gasteiger partial charge is 0.188 e. The predicted molar refractivity (Wildman–Crippen MR) is 55.6 cm³/mol. The summed E-state index contributed by atoms with van der Waals surface area (Å²) in [6.45, 7) is 5.31. The minimum Gasteiger partial charge on any atom is -0.396 e. The molecule has 4 N–H and O–H groups in total. The molecule has 0 aliphatic heterocycles. The minimum atomic E-state index is 0.151. The highest BCUT2D eigenvalue weighted by atomic mass is 16.2. The maximum atomic E-state index is 8.68. The van der Waals surface area contributed by atoms with E-state index in [1.807, 2.05) is 0 Å². The Bertz CT molecular complexity index is 166. The summed E-state index contributed by atoms with van der Waals surface area (Å²) in [6.07, 6.45) is 1.81. The number of aliphatic hydroxyl groups excluding tert-OH is 1. The van der Waals surface area contributed by atoms with Gasteiger partial charge in [0.1, 0.15) is 0 Å². The molecule has 0 aromatic rings. The molecule has 0 aliphatic rings. The van der Waals surface area contributed by atoms with E-state index in [9.17, 15) is 0 Å². The topological polar surface area (TPSA) is 70.6 Å². The monoisotopic (exact) mass is 187 g/mol. The summed E-state index contributed by atoms with van der Waals surface area (Å²) >= 11 is 0. The predicted octanol–water partition coefficient (Wildman–Crippen LogP) is 0.319. The molecule has 0 bridgehead atoms. The molecule has 0 unspecified atom stereocenters. The van der Waals surface area contributed by atoms with Crippen LogP contribution in [-0.4, -0.2) is 31.3 Å². The van der Waals surface area contributed by atoms with Crippen molar-refractivity contribution < 1.29 is 5.11 Å². The zero-order valence-electron chi connectivity index (χ0n) is 8.80. The first-order valence-electron chi connectivity index (χ1n) is 4.59. The van der Waals surface area contributed by atoms with Gasteiger partial charge in [0.05, 0.1) is 0 Å². The van der Waals surface area contributed by atoms with E-state index in [1.165, 1.54) is 0 Å². The summed E-state index contributed by atoms with van der Waals surface area (Å²) in [5.74, 6) is 0.470. The number of nitrogens with two attached hydrogens (primary N) is 1. The van der Waals surface area contributed by atoms with E-state index in [-0.39, 0.29) is 12.0 Å². The van der Waals surface area contributed by atoms with Gasteiger partial charge >= 0.3 is 0 Å². The van der Waals surface area contributed by atoms with E-state index in [0.717, 1.165) is 19.4 Å². The van der Waals surface area contributed by atoms with Crippen molar-refractivity contribution in [1.82, 2.24) is 5.32 Å². The van der Waals surface area contributed by atoms with Gasteiger partial charge in [0.2, 0.25) is 0 Å². The first-order chi connectivity index (χ1) is 6.02. The van der Waals surface area contributed by atoms with E-state index < -0.39 is 0 Å². The SMILES string of the molecule is CN=C(N)NCC(C)(C)CCCO. The average molecular weight is 187 g/mol. The second kappa shape index (κ2) is 5.80. The Balaban J connectivity index is 3.74. The fraction of sp³-hybridized carbons (Fsp3) is 0.889. The van der Waals surface area contributed by atoms with Crippen LogP contribution in [-0.2, 0) is 0 Å². The van der Waals surface area contributed by atoms with Gasteiger partial charge in [-0.25, -0.2) is 0 Å². The maximum absolute atomic E-state index is 8.68. The van der Waals surface area contributed by atoms with Gasteiger partial charge < -0.3 is 16.2 Å². The van der Waals surface area contributed by atoms with Crippen LogP contribution in [0.1, 0.15) is 26.7 Å². The molecule has 0 radical (unpaired) electrons. The lowest BCUT2D eigenvalue weighted by molar-refractivity contribution is 0.241. The zero-order chi connectivity index (χ0) is 10.3. The van der Waals surface area contributed by atoms with Crippen molar-refractivity contribution in [3.05, 3.63) is 0 Å². The molecule has 0 saturated carbocycles. The molecule has 0 aromatic heterocycles. The molecule has 78 valence electrons. The Kier molecular flexibility index (Phi) is 5.46. The molecule has 0 atom stereocenters. The highest BCUT2D eigenvalue weighted by molar-refractivity contribution is 5.77. The number of aliphatic imine (C=N–C) groups is 1. The lowest BCUT2D eigenvalue weighted by Gasteiger charge is -2.24. The zero-order valence-corrected chi connectivity index (χ0v) is 8.80. The van der Waals surface area contributed by atoms with Crippen molar-refractivity contribution in [2.45, 2.75) is 26.7 Å². The first-order valence-corrected chi connectivity index (χ1v) is 4.59. The van der Waals surface area contributed by atoms with Crippen LogP contribution in [0.5, 0.6) is 0 Å². The molecule has 0 amide bonds. The van der Waals surface area contributed by atoms with Crippen LogP contribution in [0.25, 0.3) is 0 Å². The van der Waals surface area contributed by atoms with Gasteiger partial charge in [0.15, 0.2) is 5.96 Å². The van der Waals surface area contributed by atoms with Crippen LogP contribution in [0.3, 0.4) is 0 Å². The molecule has 0 aliphatic carbocycles. The second-order valence-electron chi connectivity index (χ2n) is 3.95. The van der Waals surface area contributed by atoms with E-state index in [1.54, 1.807) is 7.05 Å². The second-order valence-corrected chi connectivity index (χ2v) is 3.95. The number of hydrogen-bond donors (Lipinski definition) is 3. The normalized spacial score (nSPS) is 13.1. The van der Waals surface area contributed by atoms with Gasteiger partial charge in [-0.15, -0.1) is 0 Å². The molecule has 0 fully saturated rings. The lowest BCUT2D eigenvalue weighted by atomic mass is 9.88. The number of nitrogens with one attached hydrogen (secondary N) is 1. The Morgan fingerprint density at radius 1 is 1.54 bits per heavy atom. The van der Waals surface area contributed by atoms with E-state index in [2.05, 4.69) is 24.2 Å². The van der Waals surface area contributed by atoms with E-state index in [0.29, 0.717) is 5.96 Å². The van der Waals surface area contributed by atoms with Crippen LogP contribution in [0.2, 0.25) is 0 Å². The lowest BCUT2D eigenvalue weighted by Crippen LogP contribution is -2.38. The van der Waals surface area contributed by atoms with Crippen molar-refractivity contribution in [1.29, 1.82) is 0 Å². The van der Waals surface area contributed by atoms with Crippen LogP contribution < -0.4 is 11.1 Å². The Morgan fingerprint density at radius 2 is 2.15 bits per heavy atom. The Hall–Kier alpha value is -0.770. The standard InChI is InChI=1S/C9H21N3O/c1-9(2,5-4-6-13)7-12-8(10)11-3/h13H,4-7H2,1-3H3,(H3,10,11,12). The summed E-state index contributed by atoms with van der Waals surface area (Å²) in [7, 11) is 1.66. The number of hydrogen-bond acceptors (Lipinski definition) is 2. The average Bonchev–Trinajstić information content (AvgIpc) is 2.11. The van der Waals surface area contributed by atoms with Crippen molar-refractivity contribution in [3.63, 3.8) is 0 Å².